The molecule has 2 aromatic rings. The number of allylic oxidation sites excluding steroid dienone is 1. The number of cyclic esters (lactones) is 1. The van der Waals surface area contributed by atoms with E-state index in [1.165, 1.54) is 6.07 Å². The molecule has 10 heteroatoms. The molecule has 5 aliphatic rings. The lowest BCUT2D eigenvalue weighted by molar-refractivity contribution is -0.198. The van der Waals surface area contributed by atoms with E-state index >= 15 is 0 Å². The highest BCUT2D eigenvalue weighted by Crippen LogP contribution is 2.60. The Labute approximate surface area is 311 Å². The highest BCUT2D eigenvalue weighted by atomic mass is 16.6. The van der Waals surface area contributed by atoms with Gasteiger partial charge in [0.05, 0.1) is 25.0 Å². The van der Waals surface area contributed by atoms with Crippen LogP contribution in [0.15, 0.2) is 42.0 Å². The molecule has 2 heterocycles. The predicted molar refractivity (Wildman–Crippen MR) is 197 cm³/mol. The maximum absolute atomic E-state index is 14.4. The number of nitrogens with one attached hydrogen (secondary N) is 1. The number of aromatic hydroxyl groups is 1. The van der Waals surface area contributed by atoms with Gasteiger partial charge in [0, 0.05) is 53.6 Å². The second kappa shape index (κ2) is 14.9. The number of carbonyl (C=O) groups excluding carboxylic acids is 3. The number of hydrogen-bond acceptors (Lipinski definition) is 10. The van der Waals surface area contributed by atoms with Gasteiger partial charge in [-0.3, -0.25) is 9.59 Å². The summed E-state index contributed by atoms with van der Waals surface area (Å²) >= 11 is 0. The third-order valence-electron chi connectivity index (χ3n) is 12.7. The van der Waals surface area contributed by atoms with E-state index in [4.69, 9.17) is 9.47 Å². The lowest BCUT2D eigenvalue weighted by atomic mass is 9.51. The van der Waals surface area contributed by atoms with Gasteiger partial charge in [0.25, 0.3) is 0 Å². The summed E-state index contributed by atoms with van der Waals surface area (Å²) in [6, 6.07) is 8.68. The van der Waals surface area contributed by atoms with E-state index in [2.05, 4.69) is 17.2 Å². The molecule has 7 unspecified atom stereocenters. The highest BCUT2D eigenvalue weighted by molar-refractivity contribution is 5.89. The molecule has 0 saturated heterocycles. The fourth-order valence-electron chi connectivity index (χ4n) is 10.1. The Balaban J connectivity index is 1.33. The summed E-state index contributed by atoms with van der Waals surface area (Å²) in [6.45, 7) is 3.48. The standard InChI is InChI=1S/C43H51NO9/c1-3-27-17-28(30-15-26(24-45)16-32(18-30)44-23-25(2)46)8-9-29-21-40(49)52-37-22-36(47)31(19-33(29)37)20-39(53-41(27)50)43(51)14-6-7-34-35(43)10-11-38(48)42(34)12-4-5-13-42/h3,15-16,18-19,22,25,28-29,34-35,39,44-47,51H,4-7,10-14,17,20-21,23-24H2,1-2H3. The minimum atomic E-state index is -1.45. The zero-order chi connectivity index (χ0) is 37.5. The Kier molecular flexibility index (Phi) is 10.5. The number of Topliss-reactive ketones (excluding diaryl/α,β-unsaturated/α-hetero) is 1. The molecule has 282 valence electrons. The molecule has 53 heavy (non-hydrogen) atoms. The van der Waals surface area contributed by atoms with Crippen LogP contribution in [-0.2, 0) is 32.1 Å². The smallest absolute Gasteiger partial charge is 0.334 e. The van der Waals surface area contributed by atoms with Crippen LogP contribution in [0.4, 0.5) is 5.69 Å². The first-order valence-electron chi connectivity index (χ1n) is 19.3. The number of ketones is 1. The quantitative estimate of drug-likeness (QED) is 0.108. The monoisotopic (exact) mass is 725 g/mol. The van der Waals surface area contributed by atoms with Gasteiger partial charge in [0.1, 0.15) is 29.0 Å². The Morgan fingerprint density at radius 2 is 1.74 bits per heavy atom. The molecule has 0 amide bonds. The topological polar surface area (TPSA) is 163 Å². The van der Waals surface area contributed by atoms with Crippen molar-refractivity contribution < 1.29 is 44.3 Å². The number of carbonyl (C=O) groups is 3. The summed E-state index contributed by atoms with van der Waals surface area (Å²) in [5, 5.41) is 47.6. The van der Waals surface area contributed by atoms with Crippen molar-refractivity contribution in [2.45, 2.75) is 127 Å². The molecule has 2 aromatic carbocycles. The van der Waals surface area contributed by atoms with Gasteiger partial charge in [-0.25, -0.2) is 4.79 Å². The second-order valence-corrected chi connectivity index (χ2v) is 16.0. The van der Waals surface area contributed by atoms with Crippen molar-refractivity contribution in [3.63, 3.8) is 0 Å². The van der Waals surface area contributed by atoms with Crippen LogP contribution in [0.2, 0.25) is 0 Å². The van der Waals surface area contributed by atoms with Crippen LogP contribution >= 0.6 is 0 Å². The molecule has 0 radical (unpaired) electrons. The van der Waals surface area contributed by atoms with Crippen LogP contribution < -0.4 is 10.1 Å². The lowest BCUT2D eigenvalue weighted by Crippen LogP contribution is -2.61. The molecule has 2 bridgehead atoms. The summed E-state index contributed by atoms with van der Waals surface area (Å²) < 4.78 is 12.0. The van der Waals surface area contributed by atoms with Crippen LogP contribution in [0.25, 0.3) is 0 Å². The van der Waals surface area contributed by atoms with Crippen LogP contribution in [0.1, 0.15) is 119 Å². The van der Waals surface area contributed by atoms with Gasteiger partial charge in [-0.05, 0) is 99.1 Å². The predicted octanol–water partition coefficient (Wildman–Crippen LogP) is 5.73. The summed E-state index contributed by atoms with van der Waals surface area (Å²) in [5.74, 6) is 4.57. The van der Waals surface area contributed by atoms with Crippen molar-refractivity contribution in [1.82, 2.24) is 0 Å². The number of esters is 2. The fourth-order valence-corrected chi connectivity index (χ4v) is 10.1. The van der Waals surface area contributed by atoms with Gasteiger partial charge < -0.3 is 35.2 Å². The van der Waals surface area contributed by atoms with Crippen molar-refractivity contribution in [2.24, 2.45) is 17.3 Å². The third-order valence-corrected chi connectivity index (χ3v) is 12.7. The molecule has 3 aliphatic carbocycles. The molecule has 3 saturated carbocycles. The molecule has 3 fully saturated rings. The maximum Gasteiger partial charge on any atom is 0.334 e. The molecule has 10 nitrogen and oxygen atoms in total. The van der Waals surface area contributed by atoms with Gasteiger partial charge in [-0.1, -0.05) is 43.2 Å². The molecule has 2 aliphatic heterocycles. The average molecular weight is 726 g/mol. The number of ether oxygens (including phenoxy) is 2. The van der Waals surface area contributed by atoms with E-state index in [0.29, 0.717) is 59.4 Å². The van der Waals surface area contributed by atoms with Gasteiger partial charge in [0.2, 0.25) is 0 Å². The third kappa shape index (κ3) is 7.11. The van der Waals surface area contributed by atoms with E-state index in [-0.39, 0.29) is 55.7 Å². The highest BCUT2D eigenvalue weighted by Gasteiger charge is 2.61. The van der Waals surface area contributed by atoms with Crippen molar-refractivity contribution in [3.05, 3.63) is 64.2 Å². The summed E-state index contributed by atoms with van der Waals surface area (Å²) in [7, 11) is 0. The molecule has 0 aromatic heterocycles. The van der Waals surface area contributed by atoms with Crippen LogP contribution in [0, 0.1) is 29.1 Å². The minimum absolute atomic E-state index is 0.00601. The SMILES string of the molecule is CC=C1CC(c2cc(CO)cc(NCC(C)O)c2)C#CC2CC(=O)Oc3cc(O)c(cc32)CC(C2(O)CCCC3C2CCC(=O)C32CCCC2)OC1=O. The lowest BCUT2D eigenvalue weighted by Gasteiger charge is -2.55. The van der Waals surface area contributed by atoms with Crippen LogP contribution in [-0.4, -0.2) is 62.5 Å². The molecule has 7 rings (SSSR count). The van der Waals surface area contributed by atoms with Crippen LogP contribution in [0.3, 0.4) is 0 Å². The number of hydrogen-bond donors (Lipinski definition) is 5. The van der Waals surface area contributed by atoms with E-state index < -0.39 is 47.0 Å². The van der Waals surface area contributed by atoms with Gasteiger partial charge >= 0.3 is 11.9 Å². The summed E-state index contributed by atoms with van der Waals surface area (Å²) in [4.78, 5) is 40.7. The maximum atomic E-state index is 14.4. The summed E-state index contributed by atoms with van der Waals surface area (Å²) in [6.07, 6.45) is 6.71. The molecule has 5 N–H and O–H groups in total. The number of phenols is 1. The van der Waals surface area contributed by atoms with Crippen molar-refractivity contribution >= 4 is 23.4 Å². The van der Waals surface area contributed by atoms with Gasteiger partial charge in [-0.15, -0.1) is 0 Å². The van der Waals surface area contributed by atoms with E-state index in [1.54, 1.807) is 32.1 Å². The Morgan fingerprint density at radius 1 is 0.962 bits per heavy atom. The largest absolute Gasteiger partial charge is 0.508 e. The zero-order valence-electron chi connectivity index (χ0n) is 30.7. The van der Waals surface area contributed by atoms with E-state index in [0.717, 1.165) is 37.7 Å². The number of aliphatic hydroxyl groups excluding tert-OH is 2. The first-order chi connectivity index (χ1) is 25.4. The number of benzene rings is 2. The Hall–Kier alpha value is -4.17. The number of aliphatic hydroxyl groups is 3. The molecule has 1 spiro atoms. The summed E-state index contributed by atoms with van der Waals surface area (Å²) in [5.41, 5.74) is 1.56. The molecular weight excluding hydrogens is 674 g/mol. The van der Waals surface area contributed by atoms with E-state index in [1.807, 2.05) is 12.1 Å². The zero-order valence-corrected chi connectivity index (χ0v) is 30.7. The van der Waals surface area contributed by atoms with Crippen molar-refractivity contribution in [2.75, 3.05) is 11.9 Å². The Morgan fingerprint density at radius 3 is 2.47 bits per heavy atom. The fraction of sp³-hybridized carbons (Fsp3) is 0.558. The number of fused-ring (bicyclic) bond motifs is 3. The second-order valence-electron chi connectivity index (χ2n) is 16.0. The number of rotatable bonds is 6. The first kappa shape index (κ1) is 37.2. The molecular formula is C43H51NO9. The van der Waals surface area contributed by atoms with Gasteiger partial charge in [0.15, 0.2) is 0 Å². The van der Waals surface area contributed by atoms with E-state index in [9.17, 15) is 34.8 Å². The normalized spacial score (nSPS) is 30.8. The number of anilines is 1. The van der Waals surface area contributed by atoms with Crippen LogP contribution in [0.5, 0.6) is 11.5 Å². The van der Waals surface area contributed by atoms with Crippen molar-refractivity contribution in [1.29, 1.82) is 0 Å². The molecule has 7 atom stereocenters. The Bertz CT molecular complexity index is 1860. The minimum Gasteiger partial charge on any atom is -0.508 e. The average Bonchev–Trinajstić information content (AvgIpc) is 3.63. The number of phenolic OH excluding ortho intramolecular Hbond substituents is 1. The van der Waals surface area contributed by atoms with Gasteiger partial charge in [-0.2, -0.15) is 0 Å². The van der Waals surface area contributed by atoms with Crippen molar-refractivity contribution in [3.8, 4) is 23.3 Å². The first-order valence-corrected chi connectivity index (χ1v) is 19.3.